The van der Waals surface area contributed by atoms with Crippen LogP contribution in [0.25, 0.3) is 0 Å². The zero-order valence-electron chi connectivity index (χ0n) is 29.2. The quantitative estimate of drug-likeness (QED) is 0.138. The van der Waals surface area contributed by atoms with Crippen molar-refractivity contribution in [2.45, 2.75) is 61.9 Å². The smallest absolute Gasteiger partial charge is 0.0146 e. The molecule has 0 unspecified atom stereocenters. The molecule has 4 aromatic carbocycles. The molecule has 0 aromatic heterocycles. The third-order valence-electron chi connectivity index (χ3n) is 8.50. The van der Waals surface area contributed by atoms with E-state index in [-0.39, 0.29) is 5.82 Å². The standard InChI is InChI=1S/C21H27N2.C18H20FNO.2ClH.Ru/c1-14-9-16(3)20(17(4)10-14)22-7-8-23(13-22)21-18(5)11-15(2)12-19(21)6;1-12-8-16(19)7-6-15(12)11-20(4)17-9-13(2)18(21-5)14(3)10-17;;;/h9-13H,7-8H2,1-6H3;1,6-10H,11H2,2-5H3;2*1H;/q-1;;;;+2/p-2. The summed E-state index contributed by atoms with van der Waals surface area (Å²) in [5.74, 6) is 0.619. The molecule has 0 spiro atoms. The summed E-state index contributed by atoms with van der Waals surface area (Å²) in [7, 11) is 15.6. The summed E-state index contributed by atoms with van der Waals surface area (Å²) >= 11 is -2.02. The number of benzene rings is 4. The van der Waals surface area contributed by atoms with Gasteiger partial charge < -0.3 is 9.80 Å². The predicted molar refractivity (Wildman–Crippen MR) is 198 cm³/mol. The number of nitrogens with zero attached hydrogens (tertiary/aromatic N) is 3. The Balaban J connectivity index is 0.000000213. The summed E-state index contributed by atoms with van der Waals surface area (Å²) in [6.45, 7) is 22.3. The summed E-state index contributed by atoms with van der Waals surface area (Å²) in [5.41, 5.74) is 15.8. The molecule has 1 heterocycles. The first-order valence-electron chi connectivity index (χ1n) is 15.7. The van der Waals surface area contributed by atoms with Crippen LogP contribution in [0.3, 0.4) is 0 Å². The number of hydrogen-bond acceptors (Lipinski definition) is 4. The fourth-order valence-corrected chi connectivity index (χ4v) is 8.65. The minimum Gasteiger partial charge on any atom is -0.502 e. The molecule has 1 fully saturated rings. The third-order valence-corrected chi connectivity index (χ3v) is 10.3. The molecule has 4 nitrogen and oxygen atoms in total. The van der Waals surface area contributed by atoms with Gasteiger partial charge in [-0.2, -0.15) is 6.67 Å². The zero-order valence-corrected chi connectivity index (χ0v) is 32.5. The van der Waals surface area contributed by atoms with Crippen molar-refractivity contribution in [2.24, 2.45) is 0 Å². The second kappa shape index (κ2) is 16.0. The van der Waals surface area contributed by atoms with E-state index in [1.807, 2.05) is 20.9 Å². The van der Waals surface area contributed by atoms with Crippen LogP contribution in [0, 0.1) is 67.9 Å². The average Bonchev–Trinajstić information content (AvgIpc) is 3.42. The topological polar surface area (TPSA) is 19.0 Å². The molecule has 0 saturated carbocycles. The second-order valence-corrected chi connectivity index (χ2v) is 18.3. The molecule has 0 bridgehead atoms. The Morgan fingerprint density at radius 1 is 0.766 bits per heavy atom. The molecule has 254 valence electrons. The Labute approximate surface area is 294 Å². The van der Waals surface area contributed by atoms with E-state index in [1.165, 1.54) is 56.9 Å². The first-order valence-corrected chi connectivity index (χ1v) is 21.2. The number of rotatable bonds is 7. The van der Waals surface area contributed by atoms with Gasteiger partial charge in [0.25, 0.3) is 0 Å². The van der Waals surface area contributed by atoms with Crippen molar-refractivity contribution in [2.75, 3.05) is 41.9 Å². The molecular weight excluding hydrogens is 717 g/mol. The second-order valence-electron chi connectivity index (χ2n) is 12.6. The van der Waals surface area contributed by atoms with Crippen molar-refractivity contribution < 1.29 is 22.6 Å². The molecule has 1 aliphatic rings. The van der Waals surface area contributed by atoms with Gasteiger partial charge in [-0.1, -0.05) is 35.4 Å². The van der Waals surface area contributed by atoms with Crippen LogP contribution in [-0.2, 0) is 20.1 Å². The SMILES string of the molecule is COc1c(C)cc(N(C)Cc2ccc(F)cc2[CH]=[Ru]([Cl])[Cl])cc1C.Cc1cc(C)c(N2[CH-]N(c3c(C)cc(C)cc3C)CC2)c(C)c1. The van der Waals surface area contributed by atoms with Crippen LogP contribution in [0.5, 0.6) is 5.75 Å². The molecular formula is C39H47Cl2FN3ORu-. The van der Waals surface area contributed by atoms with E-state index in [0.29, 0.717) is 6.54 Å². The largest absolute Gasteiger partial charge is 0.502 e. The van der Waals surface area contributed by atoms with Gasteiger partial charge in [0, 0.05) is 24.5 Å². The average molecular weight is 765 g/mol. The van der Waals surface area contributed by atoms with Crippen molar-refractivity contribution in [1.29, 1.82) is 0 Å². The van der Waals surface area contributed by atoms with Crippen LogP contribution in [0.15, 0.2) is 54.6 Å². The molecule has 1 aliphatic heterocycles. The van der Waals surface area contributed by atoms with Gasteiger partial charge in [-0.05, 0) is 63.8 Å². The molecule has 4 aromatic rings. The fraction of sp³-hybridized carbons (Fsp3) is 0.333. The number of anilines is 3. The van der Waals surface area contributed by atoms with Crippen molar-refractivity contribution in [3.8, 4) is 5.75 Å². The van der Waals surface area contributed by atoms with Gasteiger partial charge in [0.1, 0.15) is 0 Å². The number of aryl methyl sites for hydroxylation is 8. The van der Waals surface area contributed by atoms with Crippen LogP contribution in [0.4, 0.5) is 21.5 Å². The van der Waals surface area contributed by atoms with Crippen LogP contribution in [-0.4, -0.2) is 31.9 Å². The van der Waals surface area contributed by atoms with Crippen molar-refractivity contribution >= 4 is 41.1 Å². The predicted octanol–water partition coefficient (Wildman–Crippen LogP) is 10.1. The minimum atomic E-state index is -2.02. The van der Waals surface area contributed by atoms with E-state index in [1.54, 1.807) is 17.8 Å². The Kier molecular flexibility index (Phi) is 12.6. The first kappa shape index (κ1) is 36.9. The fourth-order valence-electron chi connectivity index (χ4n) is 6.79. The van der Waals surface area contributed by atoms with E-state index >= 15 is 0 Å². The summed E-state index contributed by atoms with van der Waals surface area (Å²) < 4.78 is 20.7. The number of halogens is 3. The maximum absolute atomic E-state index is 13.5. The van der Waals surface area contributed by atoms with Crippen LogP contribution in [0.2, 0.25) is 0 Å². The van der Waals surface area contributed by atoms with Gasteiger partial charge in [0.2, 0.25) is 0 Å². The molecule has 0 N–H and O–H groups in total. The summed E-state index contributed by atoms with van der Waals surface area (Å²) in [5, 5.41) is 0. The third kappa shape index (κ3) is 9.16. The maximum Gasteiger partial charge on any atom is 0.0146 e. The van der Waals surface area contributed by atoms with E-state index in [0.717, 1.165) is 46.8 Å². The number of ether oxygens (including phenoxy) is 1. The van der Waals surface area contributed by atoms with Gasteiger partial charge in [0.15, 0.2) is 0 Å². The molecule has 0 amide bonds. The number of hydrogen-bond donors (Lipinski definition) is 0. The van der Waals surface area contributed by atoms with Gasteiger partial charge in [-0.3, -0.25) is 0 Å². The van der Waals surface area contributed by atoms with Crippen molar-refractivity contribution in [3.63, 3.8) is 0 Å². The van der Waals surface area contributed by atoms with Crippen molar-refractivity contribution in [3.05, 3.63) is 123 Å². The normalized spacial score (nSPS) is 12.9. The van der Waals surface area contributed by atoms with Gasteiger partial charge in [0.05, 0.1) is 0 Å². The van der Waals surface area contributed by atoms with E-state index < -0.39 is 13.5 Å². The zero-order chi connectivity index (χ0) is 34.6. The van der Waals surface area contributed by atoms with E-state index in [4.69, 9.17) is 24.1 Å². The molecule has 1 saturated heterocycles. The summed E-state index contributed by atoms with van der Waals surface area (Å²) in [6.07, 6.45) is 0. The minimum absolute atomic E-state index is 0.285. The first-order chi connectivity index (χ1) is 22.2. The van der Waals surface area contributed by atoms with Crippen LogP contribution in [0.1, 0.15) is 55.6 Å². The van der Waals surface area contributed by atoms with Crippen LogP contribution < -0.4 is 19.4 Å². The summed E-state index contributed by atoms with van der Waals surface area (Å²) in [6, 6.07) is 18.0. The van der Waals surface area contributed by atoms with E-state index in [9.17, 15) is 4.39 Å². The van der Waals surface area contributed by atoms with Gasteiger partial charge >= 0.3 is 156 Å². The Morgan fingerprint density at radius 2 is 1.23 bits per heavy atom. The Morgan fingerprint density at radius 3 is 1.66 bits per heavy atom. The van der Waals surface area contributed by atoms with E-state index in [2.05, 4.69) is 99.3 Å². The molecule has 0 aliphatic carbocycles. The van der Waals surface area contributed by atoms with Crippen LogP contribution >= 0.6 is 19.4 Å². The summed E-state index contributed by atoms with van der Waals surface area (Å²) in [4.78, 5) is 6.93. The molecule has 5 rings (SSSR count). The van der Waals surface area contributed by atoms with Crippen molar-refractivity contribution in [1.82, 2.24) is 0 Å². The Hall–Kier alpha value is -2.92. The van der Waals surface area contributed by atoms with Gasteiger partial charge in [-0.25, -0.2) is 0 Å². The molecule has 0 atom stereocenters. The van der Waals surface area contributed by atoms with Gasteiger partial charge in [-0.15, -0.1) is 0 Å². The molecule has 8 heteroatoms. The molecule has 47 heavy (non-hydrogen) atoms. The monoisotopic (exact) mass is 764 g/mol. The number of methoxy groups -OCH3 is 1. The molecule has 0 radical (unpaired) electrons. The maximum atomic E-state index is 13.5. The Bertz CT molecular complexity index is 1650.